The summed E-state index contributed by atoms with van der Waals surface area (Å²) in [6.45, 7) is 4.28. The molecule has 5 heteroatoms. The zero-order valence-electron chi connectivity index (χ0n) is 11.0. The van der Waals surface area contributed by atoms with E-state index in [0.717, 1.165) is 12.0 Å². The van der Waals surface area contributed by atoms with Gasteiger partial charge in [-0.15, -0.1) is 11.3 Å². The van der Waals surface area contributed by atoms with Crippen LogP contribution in [0.5, 0.6) is 0 Å². The summed E-state index contributed by atoms with van der Waals surface area (Å²) >= 11 is 1.21. The van der Waals surface area contributed by atoms with Crippen molar-refractivity contribution in [1.82, 2.24) is 0 Å². The number of anilines is 1. The molecule has 0 spiro atoms. The minimum Gasteiger partial charge on any atom is -0.279 e. The second-order valence-corrected chi connectivity index (χ2v) is 7.69. The molecular weight excluding hydrogens is 278 g/mol. The van der Waals surface area contributed by atoms with Crippen molar-refractivity contribution in [2.75, 3.05) is 4.72 Å². The van der Waals surface area contributed by atoms with Crippen LogP contribution in [0.15, 0.2) is 46.0 Å². The summed E-state index contributed by atoms with van der Waals surface area (Å²) in [7, 11) is -3.45. The second kappa shape index (κ2) is 5.75. The van der Waals surface area contributed by atoms with Crippen LogP contribution in [0.4, 0.5) is 5.69 Å². The standard InChI is InChI=1S/C14H17NO2S2/c1-11(2)9-12-5-3-6-13(10-12)15-19(16,17)14-7-4-8-18-14/h3-8,10-11,15H,9H2,1-2H3. The summed E-state index contributed by atoms with van der Waals surface area (Å²) in [5, 5.41) is 1.75. The molecule has 0 unspecified atom stereocenters. The molecule has 2 aromatic rings. The molecule has 1 heterocycles. The first-order chi connectivity index (χ1) is 8.97. The molecule has 102 valence electrons. The molecule has 0 aliphatic rings. The number of thiophene rings is 1. The third-order valence-electron chi connectivity index (χ3n) is 2.58. The Morgan fingerprint density at radius 3 is 2.63 bits per heavy atom. The monoisotopic (exact) mass is 295 g/mol. The number of nitrogens with one attached hydrogen (secondary N) is 1. The van der Waals surface area contributed by atoms with Crippen LogP contribution < -0.4 is 4.72 Å². The van der Waals surface area contributed by atoms with Crippen molar-refractivity contribution in [2.45, 2.75) is 24.5 Å². The van der Waals surface area contributed by atoms with Crippen LogP contribution in [-0.4, -0.2) is 8.42 Å². The fraction of sp³-hybridized carbons (Fsp3) is 0.286. The molecule has 3 nitrogen and oxygen atoms in total. The highest BCUT2D eigenvalue weighted by Crippen LogP contribution is 2.21. The average Bonchev–Trinajstić information content (AvgIpc) is 2.81. The lowest BCUT2D eigenvalue weighted by atomic mass is 10.0. The maximum absolute atomic E-state index is 12.1. The first-order valence-corrected chi connectivity index (χ1v) is 8.49. The summed E-state index contributed by atoms with van der Waals surface area (Å²) in [4.78, 5) is 0. The predicted octanol–water partition coefficient (Wildman–Crippen LogP) is 3.75. The van der Waals surface area contributed by atoms with Crippen molar-refractivity contribution >= 4 is 27.0 Å². The molecule has 2 rings (SSSR count). The van der Waals surface area contributed by atoms with Crippen molar-refractivity contribution in [1.29, 1.82) is 0 Å². The largest absolute Gasteiger partial charge is 0.279 e. The summed E-state index contributed by atoms with van der Waals surface area (Å²) in [6.07, 6.45) is 0.939. The van der Waals surface area contributed by atoms with Crippen LogP contribution >= 0.6 is 11.3 Å². The Labute approximate surface area is 118 Å². The van der Waals surface area contributed by atoms with Gasteiger partial charge in [0.2, 0.25) is 0 Å². The van der Waals surface area contributed by atoms with Crippen molar-refractivity contribution in [3.05, 3.63) is 47.3 Å². The highest BCUT2D eigenvalue weighted by atomic mass is 32.2. The van der Waals surface area contributed by atoms with Gasteiger partial charge in [0.15, 0.2) is 0 Å². The van der Waals surface area contributed by atoms with Gasteiger partial charge in [0.25, 0.3) is 10.0 Å². The van der Waals surface area contributed by atoms with Gasteiger partial charge in [0, 0.05) is 5.69 Å². The molecule has 0 aliphatic heterocycles. The molecule has 0 fully saturated rings. The third-order valence-corrected chi connectivity index (χ3v) is 5.36. The Kier molecular flexibility index (Phi) is 4.27. The highest BCUT2D eigenvalue weighted by molar-refractivity contribution is 7.94. The van der Waals surface area contributed by atoms with Crippen molar-refractivity contribution < 1.29 is 8.42 Å². The number of hydrogen-bond donors (Lipinski definition) is 1. The molecule has 19 heavy (non-hydrogen) atoms. The van der Waals surface area contributed by atoms with E-state index < -0.39 is 10.0 Å². The van der Waals surface area contributed by atoms with Crippen molar-refractivity contribution in [2.24, 2.45) is 5.92 Å². The molecule has 0 aliphatic carbocycles. The summed E-state index contributed by atoms with van der Waals surface area (Å²) in [5.41, 5.74) is 1.76. The molecule has 0 saturated heterocycles. The van der Waals surface area contributed by atoms with E-state index in [2.05, 4.69) is 18.6 Å². The van der Waals surface area contributed by atoms with Crippen molar-refractivity contribution in [3.63, 3.8) is 0 Å². The molecule has 0 saturated carbocycles. The Morgan fingerprint density at radius 2 is 2.00 bits per heavy atom. The van der Waals surface area contributed by atoms with E-state index in [1.54, 1.807) is 23.6 Å². The Hall–Kier alpha value is -1.33. The van der Waals surface area contributed by atoms with Gasteiger partial charge >= 0.3 is 0 Å². The fourth-order valence-electron chi connectivity index (χ4n) is 1.86. The van der Waals surface area contributed by atoms with Crippen LogP contribution in [0.25, 0.3) is 0 Å². The lowest BCUT2D eigenvalue weighted by molar-refractivity contribution is 0.603. The SMILES string of the molecule is CC(C)Cc1cccc(NS(=O)(=O)c2cccs2)c1. The van der Waals surface area contributed by atoms with Crippen LogP contribution in [0.1, 0.15) is 19.4 Å². The number of benzene rings is 1. The van der Waals surface area contributed by atoms with E-state index in [1.807, 2.05) is 18.2 Å². The average molecular weight is 295 g/mol. The topological polar surface area (TPSA) is 46.2 Å². The second-order valence-electron chi connectivity index (χ2n) is 4.84. The maximum Gasteiger partial charge on any atom is 0.271 e. The minimum atomic E-state index is -3.45. The van der Waals surface area contributed by atoms with Gasteiger partial charge < -0.3 is 0 Å². The normalized spacial score (nSPS) is 11.7. The Morgan fingerprint density at radius 1 is 1.21 bits per heavy atom. The van der Waals surface area contributed by atoms with Crippen LogP contribution in [-0.2, 0) is 16.4 Å². The molecule has 1 aromatic heterocycles. The van der Waals surface area contributed by atoms with Crippen LogP contribution in [0, 0.1) is 5.92 Å². The number of sulfonamides is 1. The highest BCUT2D eigenvalue weighted by Gasteiger charge is 2.15. The van der Waals surface area contributed by atoms with Gasteiger partial charge in [0.05, 0.1) is 0 Å². The summed E-state index contributed by atoms with van der Waals surface area (Å²) in [6, 6.07) is 10.9. The van der Waals surface area contributed by atoms with E-state index in [9.17, 15) is 8.42 Å². The maximum atomic E-state index is 12.1. The van der Waals surface area contributed by atoms with Crippen LogP contribution in [0.3, 0.4) is 0 Å². The van der Waals surface area contributed by atoms with E-state index in [0.29, 0.717) is 15.8 Å². The zero-order valence-corrected chi connectivity index (χ0v) is 12.6. The molecule has 0 bridgehead atoms. The first-order valence-electron chi connectivity index (χ1n) is 6.12. The quantitative estimate of drug-likeness (QED) is 0.913. The zero-order chi connectivity index (χ0) is 13.9. The lowest BCUT2D eigenvalue weighted by Crippen LogP contribution is -2.11. The molecule has 0 amide bonds. The van der Waals surface area contributed by atoms with E-state index in [1.165, 1.54) is 11.3 Å². The van der Waals surface area contributed by atoms with E-state index >= 15 is 0 Å². The Balaban J connectivity index is 2.20. The van der Waals surface area contributed by atoms with Crippen molar-refractivity contribution in [3.8, 4) is 0 Å². The Bertz CT molecular complexity index is 631. The van der Waals surface area contributed by atoms with Gasteiger partial charge in [-0.1, -0.05) is 32.0 Å². The van der Waals surface area contributed by atoms with Gasteiger partial charge in [-0.05, 0) is 41.5 Å². The van der Waals surface area contributed by atoms with E-state index in [4.69, 9.17) is 0 Å². The van der Waals surface area contributed by atoms with Gasteiger partial charge in [-0.3, -0.25) is 4.72 Å². The minimum absolute atomic E-state index is 0.335. The molecule has 0 radical (unpaired) electrons. The first kappa shape index (κ1) is 14.1. The number of rotatable bonds is 5. The fourth-order valence-corrected chi connectivity index (χ4v) is 3.90. The van der Waals surface area contributed by atoms with E-state index in [-0.39, 0.29) is 0 Å². The van der Waals surface area contributed by atoms with Gasteiger partial charge in [0.1, 0.15) is 4.21 Å². The van der Waals surface area contributed by atoms with Gasteiger partial charge in [-0.2, -0.15) is 0 Å². The smallest absolute Gasteiger partial charge is 0.271 e. The van der Waals surface area contributed by atoms with Gasteiger partial charge in [-0.25, -0.2) is 8.42 Å². The van der Waals surface area contributed by atoms with Crippen LogP contribution in [0.2, 0.25) is 0 Å². The molecular formula is C14H17NO2S2. The number of hydrogen-bond acceptors (Lipinski definition) is 3. The molecule has 0 atom stereocenters. The summed E-state index contributed by atoms with van der Waals surface area (Å²) in [5.74, 6) is 0.546. The summed E-state index contributed by atoms with van der Waals surface area (Å²) < 4.78 is 27.1. The molecule has 1 N–H and O–H groups in total. The third kappa shape index (κ3) is 3.81. The predicted molar refractivity (Wildman–Crippen MR) is 80.1 cm³/mol. The lowest BCUT2D eigenvalue weighted by Gasteiger charge is -2.09. The molecule has 1 aromatic carbocycles.